The maximum atomic E-state index is 11.9. The maximum absolute atomic E-state index is 11.9. The second-order valence-corrected chi connectivity index (χ2v) is 6.50. The monoisotopic (exact) mass is 295 g/mol. The Morgan fingerprint density at radius 3 is 2.31 bits per heavy atom. The first-order chi connectivity index (χ1) is 7.51. The molecule has 0 atom stereocenters. The molecule has 16 heavy (non-hydrogen) atoms. The van der Waals surface area contributed by atoms with Crippen molar-refractivity contribution in [2.24, 2.45) is 4.40 Å². The highest BCUT2D eigenvalue weighted by atomic mass is 35.5. The van der Waals surface area contributed by atoms with Crippen LogP contribution < -0.4 is 0 Å². The molecule has 0 saturated carbocycles. The lowest BCUT2D eigenvalue weighted by atomic mass is 10.4. The minimum atomic E-state index is -3.70. The summed E-state index contributed by atoms with van der Waals surface area (Å²) >= 11 is 8.39. The second-order valence-electron chi connectivity index (χ2n) is 2.67. The quantitative estimate of drug-likeness (QED) is 0.621. The Balaban J connectivity index is 3.23. The van der Waals surface area contributed by atoms with E-state index in [1.165, 1.54) is 35.7 Å². The summed E-state index contributed by atoms with van der Waals surface area (Å²) in [7, 11) is -3.70. The molecule has 1 rings (SSSR count). The van der Waals surface area contributed by atoms with Crippen LogP contribution in [-0.2, 0) is 10.0 Å². The van der Waals surface area contributed by atoms with E-state index in [1.54, 1.807) is 24.6 Å². The Morgan fingerprint density at radius 2 is 1.81 bits per heavy atom. The molecule has 0 saturated heterocycles. The lowest BCUT2D eigenvalue weighted by molar-refractivity contribution is 0.598. The molecular formula is C9H10ClNO2S3. The first kappa shape index (κ1) is 13.9. The number of nitrogens with zero attached hydrogens (tertiary/aromatic N) is 1. The standard InChI is InChI=1S/C9H10ClNO2S3/c1-14-9(15-2)11-16(12,13)8-6-4-3-5-7(8)10/h3-6H,1-2H3. The van der Waals surface area contributed by atoms with Crippen LogP contribution in [0.1, 0.15) is 0 Å². The van der Waals surface area contributed by atoms with Gasteiger partial charge in [-0.2, -0.15) is 8.42 Å². The molecule has 0 aliphatic heterocycles. The van der Waals surface area contributed by atoms with Crippen LogP contribution in [0.15, 0.2) is 33.6 Å². The van der Waals surface area contributed by atoms with Crippen molar-refractivity contribution in [2.75, 3.05) is 12.5 Å². The number of halogens is 1. The Morgan fingerprint density at radius 1 is 1.25 bits per heavy atom. The fraction of sp³-hybridized carbons (Fsp3) is 0.222. The van der Waals surface area contributed by atoms with Gasteiger partial charge >= 0.3 is 0 Å². The summed E-state index contributed by atoms with van der Waals surface area (Å²) in [6.07, 6.45) is 3.55. The van der Waals surface area contributed by atoms with Gasteiger partial charge in [0.05, 0.1) is 5.02 Å². The lowest BCUT2D eigenvalue weighted by Crippen LogP contribution is -2.00. The highest BCUT2D eigenvalue weighted by Gasteiger charge is 2.17. The molecule has 7 heteroatoms. The van der Waals surface area contributed by atoms with Gasteiger partial charge in [-0.3, -0.25) is 0 Å². The summed E-state index contributed by atoms with van der Waals surface area (Å²) < 4.78 is 28.0. The van der Waals surface area contributed by atoms with E-state index in [2.05, 4.69) is 4.40 Å². The molecule has 0 unspecified atom stereocenters. The molecule has 0 fully saturated rings. The van der Waals surface area contributed by atoms with Crippen LogP contribution in [-0.4, -0.2) is 25.3 Å². The van der Waals surface area contributed by atoms with Crippen molar-refractivity contribution in [3.8, 4) is 0 Å². The molecule has 88 valence electrons. The van der Waals surface area contributed by atoms with Gasteiger partial charge in [0.25, 0.3) is 10.0 Å². The van der Waals surface area contributed by atoms with Gasteiger partial charge in [-0.1, -0.05) is 23.7 Å². The van der Waals surface area contributed by atoms with Gasteiger partial charge in [0.1, 0.15) is 9.27 Å². The number of hydrogen-bond acceptors (Lipinski definition) is 4. The minimum absolute atomic E-state index is 0.0391. The Bertz CT molecular complexity index is 493. The summed E-state index contributed by atoms with van der Waals surface area (Å²) in [4.78, 5) is 0.0391. The van der Waals surface area contributed by atoms with Gasteiger partial charge in [0, 0.05) is 0 Å². The Kier molecular flexibility index (Phi) is 5.17. The minimum Gasteiger partial charge on any atom is -0.199 e. The SMILES string of the molecule is CSC(=NS(=O)(=O)c1ccccc1Cl)SC. The topological polar surface area (TPSA) is 46.5 Å². The predicted molar refractivity (Wildman–Crippen MR) is 73.1 cm³/mol. The molecule has 0 aliphatic carbocycles. The summed E-state index contributed by atoms with van der Waals surface area (Å²) in [5, 5.41) is 0.188. The van der Waals surface area contributed by atoms with Crippen LogP contribution >= 0.6 is 35.1 Å². The van der Waals surface area contributed by atoms with E-state index in [0.29, 0.717) is 4.38 Å². The van der Waals surface area contributed by atoms with Gasteiger partial charge in [-0.05, 0) is 24.6 Å². The van der Waals surface area contributed by atoms with Crippen LogP contribution in [0, 0.1) is 0 Å². The smallest absolute Gasteiger partial charge is 0.199 e. The molecule has 0 spiro atoms. The van der Waals surface area contributed by atoms with E-state index in [0.717, 1.165) is 0 Å². The molecule has 0 N–H and O–H groups in total. The van der Waals surface area contributed by atoms with Gasteiger partial charge in [0.15, 0.2) is 0 Å². The van der Waals surface area contributed by atoms with Crippen LogP contribution in [0.5, 0.6) is 0 Å². The fourth-order valence-electron chi connectivity index (χ4n) is 0.959. The van der Waals surface area contributed by atoms with Crippen molar-refractivity contribution in [3.63, 3.8) is 0 Å². The van der Waals surface area contributed by atoms with Crippen LogP contribution in [0.2, 0.25) is 5.02 Å². The molecule has 0 aromatic heterocycles. The van der Waals surface area contributed by atoms with E-state index < -0.39 is 10.0 Å². The lowest BCUT2D eigenvalue weighted by Gasteiger charge is -2.02. The third-order valence-electron chi connectivity index (χ3n) is 1.66. The van der Waals surface area contributed by atoms with Crippen molar-refractivity contribution in [1.82, 2.24) is 0 Å². The van der Waals surface area contributed by atoms with E-state index in [1.807, 2.05) is 0 Å². The first-order valence-electron chi connectivity index (χ1n) is 4.18. The zero-order chi connectivity index (χ0) is 12.2. The fourth-order valence-corrected chi connectivity index (χ4v) is 4.10. The first-order valence-corrected chi connectivity index (χ1v) is 8.45. The third-order valence-corrected chi connectivity index (χ3v) is 5.55. The largest absolute Gasteiger partial charge is 0.285 e. The zero-order valence-corrected chi connectivity index (χ0v) is 11.9. The van der Waals surface area contributed by atoms with E-state index in [9.17, 15) is 8.42 Å². The number of benzene rings is 1. The molecule has 1 aromatic carbocycles. The molecule has 0 radical (unpaired) electrons. The summed E-state index contributed by atoms with van der Waals surface area (Å²) in [5.74, 6) is 0. The van der Waals surface area contributed by atoms with Crippen molar-refractivity contribution >= 4 is 49.5 Å². The zero-order valence-electron chi connectivity index (χ0n) is 8.68. The highest BCUT2D eigenvalue weighted by molar-refractivity contribution is 8.38. The van der Waals surface area contributed by atoms with Crippen molar-refractivity contribution < 1.29 is 8.42 Å². The number of sulfonamides is 1. The van der Waals surface area contributed by atoms with E-state index >= 15 is 0 Å². The average Bonchev–Trinajstić information content (AvgIpc) is 2.26. The van der Waals surface area contributed by atoms with E-state index in [4.69, 9.17) is 11.6 Å². The molecule has 1 aromatic rings. The van der Waals surface area contributed by atoms with Gasteiger partial charge in [0.2, 0.25) is 0 Å². The molecule has 0 aliphatic rings. The molecule has 0 heterocycles. The number of rotatable bonds is 2. The maximum Gasteiger partial charge on any atom is 0.285 e. The predicted octanol–water partition coefficient (Wildman–Crippen LogP) is 3.11. The third kappa shape index (κ3) is 3.41. The van der Waals surface area contributed by atoms with Gasteiger partial charge in [-0.25, -0.2) is 0 Å². The van der Waals surface area contributed by atoms with Crippen LogP contribution in [0.3, 0.4) is 0 Å². The van der Waals surface area contributed by atoms with Crippen LogP contribution in [0.25, 0.3) is 0 Å². The average molecular weight is 296 g/mol. The summed E-state index contributed by atoms with van der Waals surface area (Å²) in [6.45, 7) is 0. The molecule has 3 nitrogen and oxygen atoms in total. The summed E-state index contributed by atoms with van der Waals surface area (Å²) in [6, 6.07) is 6.27. The number of hydrogen-bond donors (Lipinski definition) is 0. The van der Waals surface area contributed by atoms with E-state index in [-0.39, 0.29) is 9.92 Å². The Hall–Kier alpha value is -0.170. The molecular weight excluding hydrogens is 286 g/mol. The second kappa shape index (κ2) is 5.95. The van der Waals surface area contributed by atoms with Gasteiger partial charge < -0.3 is 0 Å². The molecule has 0 bridgehead atoms. The van der Waals surface area contributed by atoms with Gasteiger partial charge in [-0.15, -0.1) is 27.9 Å². The normalized spacial score (nSPS) is 11.2. The van der Waals surface area contributed by atoms with Crippen molar-refractivity contribution in [1.29, 1.82) is 0 Å². The molecule has 0 amide bonds. The summed E-state index contributed by atoms with van der Waals surface area (Å²) in [5.41, 5.74) is 0. The van der Waals surface area contributed by atoms with Crippen molar-refractivity contribution in [3.05, 3.63) is 29.3 Å². The van der Waals surface area contributed by atoms with Crippen molar-refractivity contribution in [2.45, 2.75) is 4.90 Å². The Labute approximate surface area is 109 Å². The number of thioether (sulfide) groups is 2. The highest BCUT2D eigenvalue weighted by Crippen LogP contribution is 2.24. The van der Waals surface area contributed by atoms with Crippen LogP contribution in [0.4, 0.5) is 0 Å².